The third-order valence-electron chi connectivity index (χ3n) is 3.83. The van der Waals surface area contributed by atoms with Gasteiger partial charge in [0.15, 0.2) is 11.5 Å². The summed E-state index contributed by atoms with van der Waals surface area (Å²) in [5.41, 5.74) is 2.70. The van der Waals surface area contributed by atoms with Gasteiger partial charge >= 0.3 is 0 Å². The van der Waals surface area contributed by atoms with Crippen molar-refractivity contribution in [2.75, 3.05) is 12.4 Å². The number of anilines is 1. The molecule has 0 aliphatic rings. The van der Waals surface area contributed by atoms with Crippen molar-refractivity contribution < 1.29 is 19.2 Å². The maximum absolute atomic E-state index is 12.3. The summed E-state index contributed by atoms with van der Waals surface area (Å²) in [5.74, 6) is 0.637. The highest BCUT2D eigenvalue weighted by molar-refractivity contribution is 6.04. The number of aromatic nitrogens is 3. The van der Waals surface area contributed by atoms with Crippen molar-refractivity contribution in [1.82, 2.24) is 14.9 Å². The summed E-state index contributed by atoms with van der Waals surface area (Å²) in [6.07, 6.45) is 3.29. The lowest BCUT2D eigenvalue weighted by Crippen LogP contribution is -2.11. The fourth-order valence-electron chi connectivity index (χ4n) is 2.43. The summed E-state index contributed by atoms with van der Waals surface area (Å²) in [4.78, 5) is 12.3. The number of phenols is 1. The number of hydrogen-bond donors (Lipinski definition) is 2. The lowest BCUT2D eigenvalue weighted by Gasteiger charge is -2.06. The summed E-state index contributed by atoms with van der Waals surface area (Å²) < 4.78 is 11.8. The fourth-order valence-corrected chi connectivity index (χ4v) is 2.43. The second kappa shape index (κ2) is 6.68. The predicted octanol–water partition coefficient (Wildman–Crippen LogP) is 2.50. The van der Waals surface area contributed by atoms with E-state index in [1.165, 1.54) is 25.3 Å². The van der Waals surface area contributed by atoms with Crippen molar-refractivity contribution in [3.05, 3.63) is 53.2 Å². The Morgan fingerprint density at radius 2 is 2.20 bits per heavy atom. The van der Waals surface area contributed by atoms with E-state index in [9.17, 15) is 9.90 Å². The molecule has 1 aromatic carbocycles. The van der Waals surface area contributed by atoms with E-state index in [-0.39, 0.29) is 17.4 Å². The molecule has 0 aliphatic heterocycles. The lowest BCUT2D eigenvalue weighted by molar-refractivity contribution is 0.102. The molecule has 0 aliphatic carbocycles. The Morgan fingerprint density at radius 1 is 1.40 bits per heavy atom. The number of aryl methyl sites for hydroxylation is 2. The number of nitrogens with zero attached hydrogens (tertiary/aromatic N) is 3. The Balaban J connectivity index is 1.72. The summed E-state index contributed by atoms with van der Waals surface area (Å²) in [6, 6.07) is 4.40. The second-order valence-corrected chi connectivity index (χ2v) is 5.57. The van der Waals surface area contributed by atoms with E-state index in [0.717, 1.165) is 17.0 Å². The van der Waals surface area contributed by atoms with Gasteiger partial charge in [-0.15, -0.1) is 0 Å². The summed E-state index contributed by atoms with van der Waals surface area (Å²) in [7, 11) is 1.43. The van der Waals surface area contributed by atoms with Crippen molar-refractivity contribution in [1.29, 1.82) is 0 Å². The van der Waals surface area contributed by atoms with Gasteiger partial charge in [-0.25, -0.2) is 0 Å². The molecular formula is C17H18N4O4. The first-order valence-corrected chi connectivity index (χ1v) is 7.60. The van der Waals surface area contributed by atoms with Gasteiger partial charge in [0.1, 0.15) is 5.76 Å². The first-order valence-electron chi connectivity index (χ1n) is 7.60. The highest BCUT2D eigenvalue weighted by atomic mass is 16.5. The quantitative estimate of drug-likeness (QED) is 0.738. The number of phenolic OH excluding ortho intramolecular Hbond substituents is 1. The normalized spacial score (nSPS) is 10.7. The monoisotopic (exact) mass is 342 g/mol. The van der Waals surface area contributed by atoms with Crippen LogP contribution in [-0.2, 0) is 6.54 Å². The van der Waals surface area contributed by atoms with Crippen LogP contribution in [-0.4, -0.2) is 33.1 Å². The van der Waals surface area contributed by atoms with Crippen LogP contribution in [0.1, 0.15) is 27.4 Å². The second-order valence-electron chi connectivity index (χ2n) is 5.57. The van der Waals surface area contributed by atoms with Gasteiger partial charge in [-0.1, -0.05) is 5.16 Å². The van der Waals surface area contributed by atoms with Crippen molar-refractivity contribution in [2.24, 2.45) is 0 Å². The summed E-state index contributed by atoms with van der Waals surface area (Å²) in [5, 5.41) is 20.5. The van der Waals surface area contributed by atoms with E-state index in [2.05, 4.69) is 15.6 Å². The van der Waals surface area contributed by atoms with Crippen LogP contribution >= 0.6 is 0 Å². The third-order valence-corrected chi connectivity index (χ3v) is 3.83. The van der Waals surface area contributed by atoms with Crippen LogP contribution in [0.4, 0.5) is 5.69 Å². The molecule has 0 unspecified atom stereocenters. The number of carbonyl (C=O) groups is 1. The van der Waals surface area contributed by atoms with Crippen LogP contribution < -0.4 is 10.1 Å². The zero-order valence-corrected chi connectivity index (χ0v) is 14.1. The van der Waals surface area contributed by atoms with Gasteiger partial charge in [0.25, 0.3) is 5.91 Å². The van der Waals surface area contributed by atoms with Crippen LogP contribution in [0.5, 0.6) is 11.5 Å². The third kappa shape index (κ3) is 3.47. The molecule has 0 spiro atoms. The van der Waals surface area contributed by atoms with E-state index >= 15 is 0 Å². The number of rotatable bonds is 5. The molecule has 2 N–H and O–H groups in total. The molecule has 3 aromatic rings. The Morgan fingerprint density at radius 3 is 2.88 bits per heavy atom. The molecular weight excluding hydrogens is 324 g/mol. The van der Waals surface area contributed by atoms with Gasteiger partial charge in [-0.3, -0.25) is 9.48 Å². The van der Waals surface area contributed by atoms with Crippen molar-refractivity contribution in [2.45, 2.75) is 20.4 Å². The Hall–Kier alpha value is -3.29. The number of benzene rings is 1. The minimum atomic E-state index is -0.324. The maximum Gasteiger partial charge on any atom is 0.255 e. The first-order chi connectivity index (χ1) is 12.0. The summed E-state index contributed by atoms with van der Waals surface area (Å²) in [6.45, 7) is 4.22. The summed E-state index contributed by atoms with van der Waals surface area (Å²) >= 11 is 0. The molecule has 0 saturated heterocycles. The zero-order chi connectivity index (χ0) is 18.0. The predicted molar refractivity (Wildman–Crippen MR) is 89.9 cm³/mol. The van der Waals surface area contributed by atoms with Gasteiger partial charge in [0.2, 0.25) is 0 Å². The largest absolute Gasteiger partial charge is 0.504 e. The molecule has 1 amide bonds. The SMILES string of the molecule is COc1cc(C(=O)Nc2cnn(Cc3c(C)noc3C)c2)ccc1O. The smallest absolute Gasteiger partial charge is 0.255 e. The van der Waals surface area contributed by atoms with E-state index in [1.54, 1.807) is 17.1 Å². The highest BCUT2D eigenvalue weighted by Crippen LogP contribution is 2.26. The molecule has 0 radical (unpaired) electrons. The number of ether oxygens (including phenoxy) is 1. The Labute approximate surface area is 144 Å². The molecule has 3 rings (SSSR count). The molecule has 0 fully saturated rings. The minimum Gasteiger partial charge on any atom is -0.504 e. The molecule has 8 nitrogen and oxygen atoms in total. The Bertz CT molecular complexity index is 894. The maximum atomic E-state index is 12.3. The first kappa shape index (κ1) is 16.6. The van der Waals surface area contributed by atoms with Crippen molar-refractivity contribution >= 4 is 11.6 Å². The van der Waals surface area contributed by atoms with Gasteiger partial charge in [0.05, 0.1) is 31.2 Å². The number of amides is 1. The average Bonchev–Trinajstić information content (AvgIpc) is 3.16. The number of nitrogens with one attached hydrogen (secondary N) is 1. The average molecular weight is 342 g/mol. The van der Waals surface area contributed by atoms with Crippen molar-refractivity contribution in [3.8, 4) is 11.5 Å². The molecule has 2 aromatic heterocycles. The van der Waals surface area contributed by atoms with Gasteiger partial charge in [0, 0.05) is 17.3 Å². The molecule has 0 atom stereocenters. The van der Waals surface area contributed by atoms with Crippen LogP contribution in [0.15, 0.2) is 35.1 Å². The zero-order valence-electron chi connectivity index (χ0n) is 14.1. The minimum absolute atomic E-state index is 0.0219. The topological polar surface area (TPSA) is 102 Å². The van der Waals surface area contributed by atoms with E-state index in [1.807, 2.05) is 13.8 Å². The number of aromatic hydroxyl groups is 1. The molecule has 8 heteroatoms. The number of hydrogen-bond acceptors (Lipinski definition) is 6. The van der Waals surface area contributed by atoms with E-state index in [4.69, 9.17) is 9.26 Å². The molecule has 25 heavy (non-hydrogen) atoms. The molecule has 0 saturated carbocycles. The highest BCUT2D eigenvalue weighted by Gasteiger charge is 2.13. The van der Waals surface area contributed by atoms with Crippen LogP contribution in [0.2, 0.25) is 0 Å². The van der Waals surface area contributed by atoms with Crippen LogP contribution in [0.25, 0.3) is 0 Å². The molecule has 130 valence electrons. The molecule has 2 heterocycles. The number of methoxy groups -OCH3 is 1. The van der Waals surface area contributed by atoms with Gasteiger partial charge < -0.3 is 19.7 Å². The fraction of sp³-hybridized carbons (Fsp3) is 0.235. The van der Waals surface area contributed by atoms with Crippen molar-refractivity contribution in [3.63, 3.8) is 0 Å². The Kier molecular flexibility index (Phi) is 4.42. The molecule has 0 bridgehead atoms. The lowest BCUT2D eigenvalue weighted by atomic mass is 10.2. The van der Waals surface area contributed by atoms with Crippen LogP contribution in [0.3, 0.4) is 0 Å². The van der Waals surface area contributed by atoms with Gasteiger partial charge in [-0.05, 0) is 32.0 Å². The van der Waals surface area contributed by atoms with E-state index < -0.39 is 0 Å². The number of carbonyl (C=O) groups excluding carboxylic acids is 1. The van der Waals surface area contributed by atoms with Gasteiger partial charge in [-0.2, -0.15) is 5.10 Å². The van der Waals surface area contributed by atoms with E-state index in [0.29, 0.717) is 17.8 Å². The standard InChI is InChI=1S/C17H18N4O4/c1-10-14(11(2)25-20-10)9-21-8-13(7-18-21)19-17(23)12-4-5-15(22)16(6-12)24-3/h4-8,22H,9H2,1-3H3,(H,19,23). The van der Waals surface area contributed by atoms with Crippen LogP contribution in [0, 0.1) is 13.8 Å².